The predicted octanol–water partition coefficient (Wildman–Crippen LogP) is 2.88. The summed E-state index contributed by atoms with van der Waals surface area (Å²) in [6.45, 7) is 0. The summed E-state index contributed by atoms with van der Waals surface area (Å²) in [7, 11) is 4.49. The van der Waals surface area contributed by atoms with Gasteiger partial charge in [-0.3, -0.25) is 9.59 Å². The minimum Gasteiger partial charge on any atom is -0.496 e. The molecule has 0 radical (unpaired) electrons. The van der Waals surface area contributed by atoms with Crippen LogP contribution in [0.2, 0.25) is 0 Å². The first-order valence-corrected chi connectivity index (χ1v) is 7.09. The van der Waals surface area contributed by atoms with Gasteiger partial charge in [-0.25, -0.2) is 0 Å². The van der Waals surface area contributed by atoms with Gasteiger partial charge in [-0.15, -0.1) is 0 Å². The third-order valence-corrected chi connectivity index (χ3v) is 4.02. The second-order valence-electron chi connectivity index (χ2n) is 5.15. The summed E-state index contributed by atoms with van der Waals surface area (Å²) in [5.74, 6) is -0.137. The van der Waals surface area contributed by atoms with Crippen LogP contribution in [0.4, 0.5) is 0 Å². The van der Waals surface area contributed by atoms with Crippen molar-refractivity contribution in [3.8, 4) is 17.2 Å². The van der Waals surface area contributed by atoms with Crippen LogP contribution in [0.1, 0.15) is 32.2 Å². The average Bonchev–Trinajstić information content (AvgIpc) is 2.85. The Labute approximate surface area is 133 Å². The Morgan fingerprint density at radius 2 is 1.26 bits per heavy atom. The van der Waals surface area contributed by atoms with Crippen molar-refractivity contribution in [1.29, 1.82) is 0 Å². The molecule has 1 aliphatic carbocycles. The lowest BCUT2D eigenvalue weighted by Crippen LogP contribution is -2.15. The lowest BCUT2D eigenvalue weighted by molar-refractivity contribution is 0.0886. The Morgan fingerprint density at radius 3 is 1.65 bits per heavy atom. The fourth-order valence-corrected chi connectivity index (χ4v) is 2.92. The minimum atomic E-state index is -0.955. The molecule has 0 spiro atoms. The highest BCUT2D eigenvalue weighted by atomic mass is 16.5. The molecule has 0 saturated heterocycles. The average molecular weight is 312 g/mol. The van der Waals surface area contributed by atoms with Crippen LogP contribution in [0, 0.1) is 0 Å². The second kappa shape index (κ2) is 5.76. The third kappa shape index (κ3) is 2.25. The highest BCUT2D eigenvalue weighted by Gasteiger charge is 2.42. The van der Waals surface area contributed by atoms with Crippen LogP contribution >= 0.6 is 0 Å². The zero-order valence-electron chi connectivity index (χ0n) is 13.1. The molecule has 0 amide bonds. The van der Waals surface area contributed by atoms with E-state index >= 15 is 0 Å². The van der Waals surface area contributed by atoms with Gasteiger partial charge in [0, 0.05) is 23.3 Å². The Bertz CT molecular complexity index is 734. The van der Waals surface area contributed by atoms with E-state index in [1.54, 1.807) is 36.4 Å². The molecule has 0 fully saturated rings. The predicted molar refractivity (Wildman–Crippen MR) is 83.9 cm³/mol. The van der Waals surface area contributed by atoms with E-state index in [1.165, 1.54) is 21.3 Å². The number of benzene rings is 2. The molecule has 0 unspecified atom stereocenters. The SMILES string of the molecule is COc1cc(OC)c(C2C(=O)c3ccccc3C2=O)c(OC)c1. The van der Waals surface area contributed by atoms with Crippen LogP contribution in [0.15, 0.2) is 36.4 Å². The number of fused-ring (bicyclic) bond motifs is 1. The number of ketones is 2. The summed E-state index contributed by atoms with van der Waals surface area (Å²) in [6, 6.07) is 10.1. The molecule has 2 aromatic rings. The highest BCUT2D eigenvalue weighted by Crippen LogP contribution is 2.44. The monoisotopic (exact) mass is 312 g/mol. The number of Topliss-reactive ketones (excluding diaryl/α,β-unsaturated/α-hetero) is 2. The summed E-state index contributed by atoms with van der Waals surface area (Å²) >= 11 is 0. The van der Waals surface area contributed by atoms with Crippen molar-refractivity contribution >= 4 is 11.6 Å². The van der Waals surface area contributed by atoms with Crippen molar-refractivity contribution in [2.45, 2.75) is 5.92 Å². The van der Waals surface area contributed by atoms with E-state index in [0.717, 1.165) is 0 Å². The lowest BCUT2D eigenvalue weighted by Gasteiger charge is -2.18. The second-order valence-corrected chi connectivity index (χ2v) is 5.15. The molecule has 0 N–H and O–H groups in total. The number of carbonyl (C=O) groups is 2. The number of rotatable bonds is 4. The van der Waals surface area contributed by atoms with Gasteiger partial charge < -0.3 is 14.2 Å². The van der Waals surface area contributed by atoms with E-state index in [9.17, 15) is 9.59 Å². The van der Waals surface area contributed by atoms with Crippen molar-refractivity contribution in [2.24, 2.45) is 0 Å². The quantitative estimate of drug-likeness (QED) is 0.812. The Kier molecular flexibility index (Phi) is 3.78. The van der Waals surface area contributed by atoms with Crippen molar-refractivity contribution in [3.05, 3.63) is 53.1 Å². The summed E-state index contributed by atoms with van der Waals surface area (Å²) < 4.78 is 16.0. The van der Waals surface area contributed by atoms with Gasteiger partial charge in [0.25, 0.3) is 0 Å². The van der Waals surface area contributed by atoms with Gasteiger partial charge >= 0.3 is 0 Å². The summed E-state index contributed by atoms with van der Waals surface area (Å²) in [5.41, 5.74) is 1.30. The van der Waals surface area contributed by atoms with E-state index < -0.39 is 5.92 Å². The molecule has 5 nitrogen and oxygen atoms in total. The van der Waals surface area contributed by atoms with E-state index in [4.69, 9.17) is 14.2 Å². The topological polar surface area (TPSA) is 61.8 Å². The Hall–Kier alpha value is -2.82. The first-order valence-electron chi connectivity index (χ1n) is 7.09. The van der Waals surface area contributed by atoms with Gasteiger partial charge in [0.2, 0.25) is 0 Å². The largest absolute Gasteiger partial charge is 0.496 e. The lowest BCUT2D eigenvalue weighted by atomic mass is 9.92. The summed E-state index contributed by atoms with van der Waals surface area (Å²) in [4.78, 5) is 25.5. The molecule has 118 valence electrons. The van der Waals surface area contributed by atoms with Crippen LogP contribution in [-0.4, -0.2) is 32.9 Å². The van der Waals surface area contributed by atoms with Gasteiger partial charge in [-0.1, -0.05) is 24.3 Å². The molecule has 0 heterocycles. The summed E-state index contributed by atoms with van der Waals surface area (Å²) in [5, 5.41) is 0. The Balaban J connectivity index is 2.20. The molecule has 0 atom stereocenters. The van der Waals surface area contributed by atoms with Crippen LogP contribution < -0.4 is 14.2 Å². The van der Waals surface area contributed by atoms with E-state index in [-0.39, 0.29) is 11.6 Å². The van der Waals surface area contributed by atoms with Crippen LogP contribution in [-0.2, 0) is 0 Å². The van der Waals surface area contributed by atoms with Gasteiger partial charge in [0.1, 0.15) is 23.2 Å². The van der Waals surface area contributed by atoms with Gasteiger partial charge in [0.15, 0.2) is 11.6 Å². The highest BCUT2D eigenvalue weighted by molar-refractivity contribution is 6.30. The number of ether oxygens (including phenoxy) is 3. The fraction of sp³-hybridized carbons (Fsp3) is 0.222. The molecular weight excluding hydrogens is 296 g/mol. The molecular formula is C18H16O5. The smallest absolute Gasteiger partial charge is 0.179 e. The summed E-state index contributed by atoms with van der Waals surface area (Å²) in [6.07, 6.45) is 0. The van der Waals surface area contributed by atoms with Crippen molar-refractivity contribution in [3.63, 3.8) is 0 Å². The molecule has 0 bridgehead atoms. The molecule has 23 heavy (non-hydrogen) atoms. The molecule has 1 aliphatic rings. The first-order chi connectivity index (χ1) is 11.1. The zero-order valence-corrected chi connectivity index (χ0v) is 13.1. The molecule has 0 saturated carbocycles. The maximum atomic E-state index is 12.7. The van der Waals surface area contributed by atoms with Gasteiger partial charge in [0.05, 0.1) is 26.9 Å². The molecule has 0 aliphatic heterocycles. The number of hydrogen-bond donors (Lipinski definition) is 0. The van der Waals surface area contributed by atoms with Gasteiger partial charge in [-0.05, 0) is 0 Å². The zero-order chi connectivity index (χ0) is 16.6. The number of carbonyl (C=O) groups excluding carboxylic acids is 2. The normalized spacial score (nSPS) is 13.9. The van der Waals surface area contributed by atoms with Crippen LogP contribution in [0.25, 0.3) is 0 Å². The third-order valence-electron chi connectivity index (χ3n) is 4.02. The standard InChI is InChI=1S/C18H16O5/c1-21-10-8-13(22-2)15(14(9-10)23-3)16-17(19)11-6-4-5-7-12(11)18(16)20/h4-9,16H,1-3H3. The molecule has 3 rings (SSSR count). The number of methoxy groups -OCH3 is 3. The first kappa shape index (κ1) is 15.1. The fourth-order valence-electron chi connectivity index (χ4n) is 2.92. The van der Waals surface area contributed by atoms with E-state index in [0.29, 0.717) is 33.9 Å². The maximum absolute atomic E-state index is 12.7. The van der Waals surface area contributed by atoms with Crippen molar-refractivity contribution in [1.82, 2.24) is 0 Å². The maximum Gasteiger partial charge on any atom is 0.179 e. The minimum absolute atomic E-state index is 0.243. The van der Waals surface area contributed by atoms with E-state index in [2.05, 4.69) is 0 Å². The van der Waals surface area contributed by atoms with Crippen molar-refractivity contribution in [2.75, 3.05) is 21.3 Å². The van der Waals surface area contributed by atoms with Crippen molar-refractivity contribution < 1.29 is 23.8 Å². The Morgan fingerprint density at radius 1 is 0.783 bits per heavy atom. The molecule has 0 aromatic heterocycles. The number of hydrogen-bond acceptors (Lipinski definition) is 5. The van der Waals surface area contributed by atoms with Crippen LogP contribution in [0.5, 0.6) is 17.2 Å². The van der Waals surface area contributed by atoms with Crippen LogP contribution in [0.3, 0.4) is 0 Å². The van der Waals surface area contributed by atoms with E-state index in [1.807, 2.05) is 0 Å². The molecule has 2 aromatic carbocycles. The van der Waals surface area contributed by atoms with Gasteiger partial charge in [-0.2, -0.15) is 0 Å². The molecule has 5 heteroatoms.